The Bertz CT molecular complexity index is 1540. The van der Waals surface area contributed by atoms with E-state index >= 15 is 0 Å². The molecule has 0 saturated carbocycles. The van der Waals surface area contributed by atoms with Crippen molar-refractivity contribution in [2.45, 2.75) is 0 Å². The van der Waals surface area contributed by atoms with Gasteiger partial charge in [-0.25, -0.2) is 0 Å². The van der Waals surface area contributed by atoms with Crippen molar-refractivity contribution < 1.29 is 34.5 Å². The average molecular weight is 464 g/mol. The van der Waals surface area contributed by atoms with Gasteiger partial charge in [0.1, 0.15) is 17.2 Å². The summed E-state index contributed by atoms with van der Waals surface area (Å²) in [5.74, 6) is -2.00. The van der Waals surface area contributed by atoms with Crippen LogP contribution in [0, 0.1) is 0 Å². The first kappa shape index (κ1) is 21.8. The second-order valence-electron chi connectivity index (χ2n) is 7.96. The van der Waals surface area contributed by atoms with Gasteiger partial charge in [-0.2, -0.15) is 0 Å². The van der Waals surface area contributed by atoms with E-state index < -0.39 is 11.6 Å². The molecule has 6 rings (SSSR count). The molecule has 0 atom stereocenters. The van der Waals surface area contributed by atoms with Gasteiger partial charge in [0.25, 0.3) is 0 Å². The number of carbonyl (C=O) groups is 4. The van der Waals surface area contributed by atoms with E-state index in [1.807, 2.05) is 0 Å². The molecule has 0 unspecified atom stereocenters. The molecule has 0 bridgehead atoms. The van der Waals surface area contributed by atoms with Crippen molar-refractivity contribution in [3.05, 3.63) is 123 Å². The molecule has 0 radical (unpaired) electrons. The zero-order chi connectivity index (χ0) is 24.9. The summed E-state index contributed by atoms with van der Waals surface area (Å²) in [4.78, 5) is 48.7. The molecule has 4 aromatic carbocycles. The van der Waals surface area contributed by atoms with Crippen LogP contribution in [-0.4, -0.2) is 38.5 Å². The number of carbonyl (C=O) groups excluding carboxylic acids is 4. The summed E-state index contributed by atoms with van der Waals surface area (Å²) in [6, 6.07) is 19.8. The summed E-state index contributed by atoms with van der Waals surface area (Å²) in [6.45, 7) is 0. The van der Waals surface area contributed by atoms with Crippen molar-refractivity contribution in [2.75, 3.05) is 0 Å². The van der Waals surface area contributed by atoms with Gasteiger partial charge in [-0.05, 0) is 18.2 Å². The molecular weight excluding hydrogens is 448 g/mol. The Balaban J connectivity index is 0.000000145. The van der Waals surface area contributed by atoms with E-state index in [4.69, 9.17) is 0 Å². The maximum absolute atomic E-state index is 12.2. The molecule has 4 aromatic rings. The Labute approximate surface area is 198 Å². The Morgan fingerprint density at radius 1 is 0.343 bits per heavy atom. The van der Waals surface area contributed by atoms with Crippen molar-refractivity contribution in [1.82, 2.24) is 0 Å². The van der Waals surface area contributed by atoms with Crippen molar-refractivity contribution >= 4 is 23.1 Å². The van der Waals surface area contributed by atoms with Gasteiger partial charge in [0.2, 0.25) is 0 Å². The molecular formula is C28H16O7. The van der Waals surface area contributed by atoms with Crippen LogP contribution in [0.5, 0.6) is 17.2 Å². The number of phenols is 3. The SMILES string of the molecule is O=C1c2cccc(O)c2C(=O)c2cccc(O)c21.O=C1c2ccccc2C(=O)c2c(O)cccc21. The maximum Gasteiger partial charge on any atom is 0.198 e. The van der Waals surface area contributed by atoms with Gasteiger partial charge < -0.3 is 15.3 Å². The summed E-state index contributed by atoms with van der Waals surface area (Å²) in [6.07, 6.45) is 0. The minimum Gasteiger partial charge on any atom is -0.507 e. The summed E-state index contributed by atoms with van der Waals surface area (Å²) in [5, 5.41) is 29.1. The zero-order valence-electron chi connectivity index (χ0n) is 18.0. The molecule has 2 aliphatic rings. The second kappa shape index (κ2) is 8.07. The van der Waals surface area contributed by atoms with Gasteiger partial charge in [-0.3, -0.25) is 19.2 Å². The first-order valence-electron chi connectivity index (χ1n) is 10.5. The van der Waals surface area contributed by atoms with Crippen molar-refractivity contribution in [2.24, 2.45) is 0 Å². The minimum absolute atomic E-state index is 0.000556. The van der Waals surface area contributed by atoms with Crippen LogP contribution in [-0.2, 0) is 0 Å². The molecule has 0 heterocycles. The number of phenolic OH excluding ortho intramolecular Hbond substituents is 3. The topological polar surface area (TPSA) is 129 Å². The molecule has 0 saturated heterocycles. The molecule has 0 spiro atoms. The van der Waals surface area contributed by atoms with Crippen LogP contribution in [0.25, 0.3) is 0 Å². The average Bonchev–Trinajstić information content (AvgIpc) is 2.86. The summed E-state index contributed by atoms with van der Waals surface area (Å²) in [7, 11) is 0. The van der Waals surface area contributed by atoms with Crippen molar-refractivity contribution in [3.8, 4) is 17.2 Å². The van der Waals surface area contributed by atoms with Crippen LogP contribution >= 0.6 is 0 Å². The standard InChI is InChI=1S/C14H8O4.C14H8O3/c15-9-5-1-3-7-11(9)14(18)8-4-2-6-10(16)12(8)13(7)17;15-11-7-3-6-10-12(11)14(17)9-5-2-1-4-8(9)13(10)16/h1-6,15-16H;1-7,15H. The van der Waals surface area contributed by atoms with Gasteiger partial charge in [0, 0.05) is 27.8 Å². The van der Waals surface area contributed by atoms with Gasteiger partial charge in [0.05, 0.1) is 16.7 Å². The van der Waals surface area contributed by atoms with Crippen LogP contribution in [0.15, 0.2) is 78.9 Å². The molecule has 0 aliphatic heterocycles. The van der Waals surface area contributed by atoms with Gasteiger partial charge >= 0.3 is 0 Å². The van der Waals surface area contributed by atoms with Gasteiger partial charge in [-0.15, -0.1) is 0 Å². The highest BCUT2D eigenvalue weighted by atomic mass is 16.3. The Hall–Kier alpha value is -5.04. The number of rotatable bonds is 0. The highest BCUT2D eigenvalue weighted by Gasteiger charge is 2.34. The van der Waals surface area contributed by atoms with E-state index in [1.54, 1.807) is 36.4 Å². The highest BCUT2D eigenvalue weighted by Crippen LogP contribution is 2.36. The third-order valence-corrected chi connectivity index (χ3v) is 5.96. The smallest absolute Gasteiger partial charge is 0.198 e. The van der Waals surface area contributed by atoms with E-state index in [2.05, 4.69) is 0 Å². The predicted molar refractivity (Wildman–Crippen MR) is 124 cm³/mol. The van der Waals surface area contributed by atoms with Crippen molar-refractivity contribution in [3.63, 3.8) is 0 Å². The lowest BCUT2D eigenvalue weighted by Crippen LogP contribution is -2.20. The zero-order valence-corrected chi connectivity index (χ0v) is 18.0. The minimum atomic E-state index is -0.450. The fourth-order valence-electron chi connectivity index (χ4n) is 4.33. The van der Waals surface area contributed by atoms with Crippen LogP contribution in [0.3, 0.4) is 0 Å². The number of hydrogen-bond acceptors (Lipinski definition) is 7. The number of ketones is 4. The summed E-state index contributed by atoms with van der Waals surface area (Å²) >= 11 is 0. The van der Waals surface area contributed by atoms with Crippen LogP contribution in [0.2, 0.25) is 0 Å². The maximum atomic E-state index is 12.2. The molecule has 35 heavy (non-hydrogen) atoms. The fraction of sp³-hybridized carbons (Fsp3) is 0. The first-order valence-corrected chi connectivity index (χ1v) is 10.5. The second-order valence-corrected chi connectivity index (χ2v) is 7.96. The predicted octanol–water partition coefficient (Wildman–Crippen LogP) is 4.04. The lowest BCUT2D eigenvalue weighted by Gasteiger charge is -2.18. The fourth-order valence-corrected chi connectivity index (χ4v) is 4.33. The summed E-state index contributed by atoms with van der Waals surface area (Å²) in [5.41, 5.74) is 1.37. The largest absolute Gasteiger partial charge is 0.507 e. The molecule has 3 N–H and O–H groups in total. The lowest BCUT2D eigenvalue weighted by atomic mass is 9.83. The van der Waals surface area contributed by atoms with Crippen molar-refractivity contribution in [1.29, 1.82) is 0 Å². The van der Waals surface area contributed by atoms with E-state index in [1.165, 1.54) is 42.5 Å². The molecule has 0 aromatic heterocycles. The van der Waals surface area contributed by atoms with Gasteiger partial charge in [0.15, 0.2) is 23.1 Å². The lowest BCUT2D eigenvalue weighted by molar-refractivity contribution is 0.0974. The number of aromatic hydroxyl groups is 3. The van der Waals surface area contributed by atoms with E-state index in [-0.39, 0.29) is 62.2 Å². The number of hydrogen-bond donors (Lipinski definition) is 3. The molecule has 7 nitrogen and oxygen atoms in total. The molecule has 0 amide bonds. The van der Waals surface area contributed by atoms with Crippen LogP contribution < -0.4 is 0 Å². The number of fused-ring (bicyclic) bond motifs is 4. The van der Waals surface area contributed by atoms with E-state index in [0.717, 1.165) is 0 Å². The Kier molecular flexibility index (Phi) is 5.02. The highest BCUT2D eigenvalue weighted by molar-refractivity contribution is 6.30. The Morgan fingerprint density at radius 2 is 0.629 bits per heavy atom. The normalized spacial score (nSPS) is 13.1. The van der Waals surface area contributed by atoms with E-state index in [0.29, 0.717) is 11.1 Å². The van der Waals surface area contributed by atoms with Crippen LogP contribution in [0.4, 0.5) is 0 Å². The van der Waals surface area contributed by atoms with E-state index in [9.17, 15) is 34.5 Å². The third kappa shape index (κ3) is 3.29. The summed E-state index contributed by atoms with van der Waals surface area (Å²) < 4.78 is 0. The molecule has 2 aliphatic carbocycles. The third-order valence-electron chi connectivity index (χ3n) is 5.96. The molecule has 7 heteroatoms. The first-order chi connectivity index (χ1) is 16.8. The van der Waals surface area contributed by atoms with Gasteiger partial charge in [-0.1, -0.05) is 60.7 Å². The Morgan fingerprint density at radius 3 is 1.03 bits per heavy atom. The van der Waals surface area contributed by atoms with Crippen LogP contribution in [0.1, 0.15) is 63.7 Å². The molecule has 170 valence electrons. The number of benzene rings is 4. The quantitative estimate of drug-likeness (QED) is 0.309. The monoisotopic (exact) mass is 464 g/mol. The molecule has 0 fully saturated rings.